The number of nitrogens with two attached hydrogens (primary N) is 1. The number of carbonyl (C=O) groups excluding carboxylic acids is 1. The number of aliphatic hydroxyl groups is 1. The first-order valence-corrected chi connectivity index (χ1v) is 6.73. The third-order valence-electron chi connectivity index (χ3n) is 3.59. The van der Waals surface area contributed by atoms with Crippen LogP contribution in [0.1, 0.15) is 55.7 Å². The lowest BCUT2D eigenvalue weighted by Gasteiger charge is -2.46. The average molecular weight is 266 g/mol. The van der Waals surface area contributed by atoms with Crippen molar-refractivity contribution in [1.29, 1.82) is 0 Å². The van der Waals surface area contributed by atoms with Gasteiger partial charge in [0.05, 0.1) is 30.1 Å². The van der Waals surface area contributed by atoms with E-state index in [2.05, 4.69) is 10.2 Å². The summed E-state index contributed by atoms with van der Waals surface area (Å²) in [5, 5.41) is 16.9. The molecule has 4 N–H and O–H groups in total. The van der Waals surface area contributed by atoms with Crippen molar-refractivity contribution in [3.05, 3.63) is 11.4 Å². The van der Waals surface area contributed by atoms with Gasteiger partial charge in [-0.1, -0.05) is 27.2 Å². The van der Waals surface area contributed by atoms with Crippen LogP contribution in [0.25, 0.3) is 0 Å². The maximum atomic E-state index is 12.2. The fraction of sp³-hybridized carbons (Fsp3) is 0.692. The van der Waals surface area contributed by atoms with E-state index in [0.29, 0.717) is 25.2 Å². The van der Waals surface area contributed by atoms with Crippen LogP contribution >= 0.6 is 0 Å². The number of nitrogens with zero attached hydrogens (tertiary/aromatic N) is 2. The molecule has 1 aromatic heterocycles. The number of aromatic amines is 1. The van der Waals surface area contributed by atoms with Crippen molar-refractivity contribution in [1.82, 2.24) is 15.1 Å². The molecule has 6 nitrogen and oxygen atoms in total. The number of hydrogen-bond donors (Lipinski definition) is 3. The number of rotatable bonds is 4. The van der Waals surface area contributed by atoms with Crippen LogP contribution in [-0.4, -0.2) is 44.8 Å². The molecule has 1 saturated heterocycles. The second kappa shape index (κ2) is 4.85. The van der Waals surface area contributed by atoms with Gasteiger partial charge in [-0.05, 0) is 12.3 Å². The number of amides is 1. The number of β-amino-alcohol motifs (C(OH)–C–C–N with tert-alkyl or cyclic N) is 1. The molecule has 6 heteroatoms. The van der Waals surface area contributed by atoms with Gasteiger partial charge in [0.15, 0.2) is 5.69 Å². The van der Waals surface area contributed by atoms with Crippen LogP contribution in [0.4, 0.5) is 5.69 Å². The van der Waals surface area contributed by atoms with E-state index in [1.807, 2.05) is 20.8 Å². The molecule has 0 aliphatic carbocycles. The van der Waals surface area contributed by atoms with Crippen LogP contribution in [0.2, 0.25) is 0 Å². The molecule has 2 rings (SSSR count). The van der Waals surface area contributed by atoms with Crippen molar-refractivity contribution in [2.45, 2.75) is 45.1 Å². The fourth-order valence-corrected chi connectivity index (χ4v) is 2.55. The number of anilines is 1. The number of nitrogen functional groups attached to an aromatic ring is 1. The predicted octanol–water partition coefficient (Wildman–Crippen LogP) is 1.10. The smallest absolute Gasteiger partial charge is 0.276 e. The van der Waals surface area contributed by atoms with Crippen molar-refractivity contribution in [3.63, 3.8) is 0 Å². The Hall–Kier alpha value is -1.56. The summed E-state index contributed by atoms with van der Waals surface area (Å²) < 4.78 is 0. The Bertz CT molecular complexity index is 475. The molecule has 0 spiro atoms. The molecule has 19 heavy (non-hydrogen) atoms. The zero-order chi connectivity index (χ0) is 14.2. The number of nitrogens with one attached hydrogen (secondary N) is 1. The van der Waals surface area contributed by atoms with Gasteiger partial charge in [0.2, 0.25) is 0 Å². The standard InChI is InChI=1S/C13H22N4O2/c1-4-5-13(19)6-17(7-13)12(18)11-9(14)10(8(2)3)15-16-11/h8,19H,4-7,14H2,1-3H3,(H,15,16). The molecule has 1 fully saturated rings. The Morgan fingerprint density at radius 3 is 2.68 bits per heavy atom. The molecule has 0 saturated carbocycles. The van der Waals surface area contributed by atoms with Gasteiger partial charge in [0.25, 0.3) is 5.91 Å². The topological polar surface area (TPSA) is 95.2 Å². The molecule has 0 unspecified atom stereocenters. The Morgan fingerprint density at radius 2 is 2.21 bits per heavy atom. The van der Waals surface area contributed by atoms with E-state index in [1.54, 1.807) is 4.90 Å². The number of carbonyl (C=O) groups is 1. The number of hydrogen-bond acceptors (Lipinski definition) is 4. The first-order valence-electron chi connectivity index (χ1n) is 6.73. The van der Waals surface area contributed by atoms with E-state index in [9.17, 15) is 9.90 Å². The summed E-state index contributed by atoms with van der Waals surface area (Å²) in [4.78, 5) is 13.8. The van der Waals surface area contributed by atoms with Gasteiger partial charge in [-0.3, -0.25) is 9.89 Å². The van der Waals surface area contributed by atoms with Gasteiger partial charge in [-0.25, -0.2) is 0 Å². The minimum absolute atomic E-state index is 0.197. The van der Waals surface area contributed by atoms with E-state index in [-0.39, 0.29) is 17.5 Å². The highest BCUT2D eigenvalue weighted by atomic mass is 16.3. The highest BCUT2D eigenvalue weighted by Gasteiger charge is 2.43. The zero-order valence-corrected chi connectivity index (χ0v) is 11.7. The molecule has 1 aromatic rings. The van der Waals surface area contributed by atoms with Gasteiger partial charge >= 0.3 is 0 Å². The molecule has 1 amide bonds. The van der Waals surface area contributed by atoms with E-state index in [1.165, 1.54) is 0 Å². The summed E-state index contributed by atoms with van der Waals surface area (Å²) in [6.07, 6.45) is 1.62. The van der Waals surface area contributed by atoms with Crippen LogP contribution in [-0.2, 0) is 0 Å². The van der Waals surface area contributed by atoms with Crippen LogP contribution in [0, 0.1) is 0 Å². The second-order valence-electron chi connectivity index (χ2n) is 5.69. The van der Waals surface area contributed by atoms with Crippen molar-refractivity contribution < 1.29 is 9.90 Å². The lowest BCUT2D eigenvalue weighted by atomic mass is 9.89. The third-order valence-corrected chi connectivity index (χ3v) is 3.59. The summed E-state index contributed by atoms with van der Waals surface area (Å²) in [5.41, 5.74) is 6.69. The summed E-state index contributed by atoms with van der Waals surface area (Å²) in [6, 6.07) is 0. The molecule has 1 aliphatic heterocycles. The van der Waals surface area contributed by atoms with Crippen LogP contribution < -0.4 is 5.73 Å². The molecular weight excluding hydrogens is 244 g/mol. The lowest BCUT2D eigenvalue weighted by Crippen LogP contribution is -2.63. The van der Waals surface area contributed by atoms with E-state index < -0.39 is 5.60 Å². The highest BCUT2D eigenvalue weighted by Crippen LogP contribution is 2.29. The first-order chi connectivity index (χ1) is 8.88. The highest BCUT2D eigenvalue weighted by molar-refractivity contribution is 5.98. The van der Waals surface area contributed by atoms with Gasteiger partial charge in [-0.15, -0.1) is 0 Å². The van der Waals surface area contributed by atoms with Gasteiger partial charge < -0.3 is 15.7 Å². The number of H-pyrrole nitrogens is 1. The molecule has 0 bridgehead atoms. The molecule has 0 radical (unpaired) electrons. The maximum absolute atomic E-state index is 12.2. The molecule has 106 valence electrons. The second-order valence-corrected chi connectivity index (χ2v) is 5.69. The Labute approximate surface area is 113 Å². The predicted molar refractivity (Wildman–Crippen MR) is 72.9 cm³/mol. The van der Waals surface area contributed by atoms with Crippen molar-refractivity contribution in [3.8, 4) is 0 Å². The largest absolute Gasteiger partial charge is 0.395 e. The Balaban J connectivity index is 2.07. The van der Waals surface area contributed by atoms with Gasteiger partial charge in [0.1, 0.15) is 0 Å². The Morgan fingerprint density at radius 1 is 1.58 bits per heavy atom. The zero-order valence-electron chi connectivity index (χ0n) is 11.7. The first kappa shape index (κ1) is 13.9. The number of aromatic nitrogens is 2. The minimum Gasteiger partial charge on any atom is -0.395 e. The number of likely N-dealkylation sites (tertiary alicyclic amines) is 1. The van der Waals surface area contributed by atoms with Crippen molar-refractivity contribution in [2.75, 3.05) is 18.8 Å². The Kier molecular flexibility index (Phi) is 3.54. The SMILES string of the molecule is CCCC1(O)CN(C(=O)c2n[nH]c(C(C)C)c2N)C1. The summed E-state index contributed by atoms with van der Waals surface area (Å²) >= 11 is 0. The molecule has 2 heterocycles. The monoisotopic (exact) mass is 266 g/mol. The molecular formula is C13H22N4O2. The van der Waals surface area contributed by atoms with Crippen LogP contribution in [0.3, 0.4) is 0 Å². The minimum atomic E-state index is -0.726. The lowest BCUT2D eigenvalue weighted by molar-refractivity contribution is -0.0861. The summed E-state index contributed by atoms with van der Waals surface area (Å²) in [6.45, 7) is 6.72. The van der Waals surface area contributed by atoms with Crippen molar-refractivity contribution in [2.24, 2.45) is 0 Å². The summed E-state index contributed by atoms with van der Waals surface area (Å²) in [5.74, 6) is -0.0103. The van der Waals surface area contributed by atoms with E-state index >= 15 is 0 Å². The third kappa shape index (κ3) is 2.45. The van der Waals surface area contributed by atoms with E-state index in [0.717, 1.165) is 12.1 Å². The maximum Gasteiger partial charge on any atom is 0.276 e. The summed E-state index contributed by atoms with van der Waals surface area (Å²) in [7, 11) is 0. The molecule has 1 aliphatic rings. The quantitative estimate of drug-likeness (QED) is 0.760. The van der Waals surface area contributed by atoms with E-state index in [4.69, 9.17) is 5.73 Å². The van der Waals surface area contributed by atoms with Crippen molar-refractivity contribution >= 4 is 11.6 Å². The van der Waals surface area contributed by atoms with Gasteiger partial charge in [0, 0.05) is 0 Å². The average Bonchev–Trinajstić information content (AvgIpc) is 2.67. The molecule has 0 atom stereocenters. The normalized spacial score (nSPS) is 17.6. The van der Waals surface area contributed by atoms with Crippen LogP contribution in [0.5, 0.6) is 0 Å². The van der Waals surface area contributed by atoms with Crippen LogP contribution in [0.15, 0.2) is 0 Å². The fourth-order valence-electron chi connectivity index (χ4n) is 2.55. The van der Waals surface area contributed by atoms with Gasteiger partial charge in [-0.2, -0.15) is 5.10 Å². The molecule has 0 aromatic carbocycles.